The van der Waals surface area contributed by atoms with Gasteiger partial charge in [0.1, 0.15) is 5.76 Å². The van der Waals surface area contributed by atoms with E-state index in [2.05, 4.69) is 36.1 Å². The van der Waals surface area contributed by atoms with Gasteiger partial charge in [-0.25, -0.2) is 0 Å². The predicted molar refractivity (Wildman–Crippen MR) is 53.2 cm³/mol. The second-order valence-electron chi connectivity index (χ2n) is 4.45. The number of aryl methyl sites for hydroxylation is 1. The van der Waals surface area contributed by atoms with Gasteiger partial charge < -0.3 is 8.94 Å². The lowest BCUT2D eigenvalue weighted by Gasteiger charge is -2.11. The van der Waals surface area contributed by atoms with Crippen molar-refractivity contribution in [1.29, 1.82) is 0 Å². The maximum absolute atomic E-state index is 5.25. The Hall–Kier alpha value is -1.65. The van der Waals surface area contributed by atoms with Gasteiger partial charge in [0.2, 0.25) is 5.89 Å². The van der Waals surface area contributed by atoms with Crippen molar-refractivity contribution >= 4 is 0 Å². The highest BCUT2D eigenvalue weighted by atomic mass is 16.5. The van der Waals surface area contributed by atoms with Gasteiger partial charge in [0.05, 0.1) is 0 Å². The normalized spacial score (nSPS) is 12.0. The van der Waals surface area contributed by atoms with E-state index in [0.717, 1.165) is 5.76 Å². The Labute approximate surface area is 87.5 Å². The highest BCUT2D eigenvalue weighted by Crippen LogP contribution is 2.26. The summed E-state index contributed by atoms with van der Waals surface area (Å²) in [7, 11) is 0. The molecule has 80 valence electrons. The van der Waals surface area contributed by atoms with Crippen molar-refractivity contribution in [3.8, 4) is 11.6 Å². The van der Waals surface area contributed by atoms with Gasteiger partial charge in [0.25, 0.3) is 5.89 Å². The minimum Gasteiger partial charge on any atom is -0.420 e. The molecule has 0 aliphatic heterocycles. The van der Waals surface area contributed by atoms with Crippen molar-refractivity contribution in [2.24, 2.45) is 0 Å². The molecule has 0 fully saturated rings. The molecule has 15 heavy (non-hydrogen) atoms. The molecule has 0 atom stereocenters. The summed E-state index contributed by atoms with van der Waals surface area (Å²) in [6.07, 6.45) is 0. The first-order chi connectivity index (χ1) is 6.97. The Morgan fingerprint density at radius 1 is 1.20 bits per heavy atom. The molecule has 0 saturated heterocycles. The van der Waals surface area contributed by atoms with Gasteiger partial charge in [-0.05, 0) is 0 Å². The van der Waals surface area contributed by atoms with E-state index in [1.54, 1.807) is 6.92 Å². The van der Waals surface area contributed by atoms with Crippen LogP contribution in [0.2, 0.25) is 0 Å². The second kappa shape index (κ2) is 3.18. The molecule has 2 aromatic heterocycles. The van der Waals surface area contributed by atoms with Crippen LogP contribution in [-0.2, 0) is 5.41 Å². The maximum Gasteiger partial charge on any atom is 0.269 e. The van der Waals surface area contributed by atoms with Crippen molar-refractivity contribution in [1.82, 2.24) is 15.4 Å². The molecule has 0 aromatic carbocycles. The number of aromatic nitrogens is 3. The molecule has 0 amide bonds. The molecule has 0 saturated carbocycles. The summed E-state index contributed by atoms with van der Waals surface area (Å²) in [5.74, 6) is 1.71. The summed E-state index contributed by atoms with van der Waals surface area (Å²) < 4.78 is 10.5. The van der Waals surface area contributed by atoms with Gasteiger partial charge in [0, 0.05) is 18.4 Å². The molecule has 2 heterocycles. The van der Waals surface area contributed by atoms with Crippen molar-refractivity contribution < 1.29 is 8.94 Å². The highest BCUT2D eigenvalue weighted by molar-refractivity contribution is 5.46. The lowest BCUT2D eigenvalue weighted by molar-refractivity contribution is 0.329. The SMILES string of the molecule is Cc1nnc(-c2cc(C(C)(C)C)on2)o1. The summed E-state index contributed by atoms with van der Waals surface area (Å²) >= 11 is 0. The van der Waals surface area contributed by atoms with E-state index in [4.69, 9.17) is 8.94 Å². The smallest absolute Gasteiger partial charge is 0.269 e. The highest BCUT2D eigenvalue weighted by Gasteiger charge is 2.21. The molecular weight excluding hydrogens is 194 g/mol. The van der Waals surface area contributed by atoms with E-state index in [0.29, 0.717) is 17.5 Å². The zero-order valence-electron chi connectivity index (χ0n) is 9.24. The van der Waals surface area contributed by atoms with Crippen LogP contribution in [0.25, 0.3) is 11.6 Å². The van der Waals surface area contributed by atoms with Crippen LogP contribution in [0.1, 0.15) is 32.4 Å². The Morgan fingerprint density at radius 3 is 2.40 bits per heavy atom. The first-order valence-corrected chi connectivity index (χ1v) is 4.74. The Bertz CT molecular complexity index is 465. The fraction of sp³-hybridized carbons (Fsp3) is 0.500. The van der Waals surface area contributed by atoms with E-state index in [-0.39, 0.29) is 5.41 Å². The number of hydrogen-bond donors (Lipinski definition) is 0. The minimum absolute atomic E-state index is 0.0691. The van der Waals surface area contributed by atoms with Crippen LogP contribution >= 0.6 is 0 Å². The summed E-state index contributed by atoms with van der Waals surface area (Å²) in [6.45, 7) is 7.89. The summed E-state index contributed by atoms with van der Waals surface area (Å²) in [6, 6.07) is 1.83. The molecule has 2 rings (SSSR count). The van der Waals surface area contributed by atoms with Gasteiger partial charge in [0.15, 0.2) is 5.69 Å². The van der Waals surface area contributed by atoms with Crippen LogP contribution in [-0.4, -0.2) is 15.4 Å². The van der Waals surface area contributed by atoms with Gasteiger partial charge in [-0.3, -0.25) is 0 Å². The van der Waals surface area contributed by atoms with Crippen molar-refractivity contribution in [3.05, 3.63) is 17.7 Å². The molecule has 0 unspecified atom stereocenters. The van der Waals surface area contributed by atoms with Crippen LogP contribution in [0.3, 0.4) is 0 Å². The monoisotopic (exact) mass is 207 g/mol. The first kappa shape index (κ1) is 9.89. The number of rotatable bonds is 1. The molecule has 0 radical (unpaired) electrons. The molecule has 2 aromatic rings. The van der Waals surface area contributed by atoms with E-state index in [1.165, 1.54) is 0 Å². The van der Waals surface area contributed by atoms with Gasteiger partial charge in [-0.2, -0.15) is 0 Å². The van der Waals surface area contributed by atoms with Gasteiger partial charge in [-0.1, -0.05) is 25.9 Å². The van der Waals surface area contributed by atoms with Gasteiger partial charge in [-0.15, -0.1) is 10.2 Å². The summed E-state index contributed by atoms with van der Waals surface area (Å²) in [5.41, 5.74) is 0.515. The first-order valence-electron chi connectivity index (χ1n) is 4.74. The fourth-order valence-corrected chi connectivity index (χ4v) is 1.13. The standard InChI is InChI=1S/C10H13N3O2/c1-6-11-12-9(14-6)7-5-8(15-13-7)10(2,3)4/h5H,1-4H3. The fourth-order valence-electron chi connectivity index (χ4n) is 1.13. The Balaban J connectivity index is 2.36. The summed E-state index contributed by atoms with van der Waals surface area (Å²) in [4.78, 5) is 0. The number of hydrogen-bond acceptors (Lipinski definition) is 5. The maximum atomic E-state index is 5.25. The molecule has 5 nitrogen and oxygen atoms in total. The zero-order chi connectivity index (χ0) is 11.1. The van der Waals surface area contributed by atoms with Crippen LogP contribution < -0.4 is 0 Å². The van der Waals surface area contributed by atoms with E-state index >= 15 is 0 Å². The van der Waals surface area contributed by atoms with Crippen molar-refractivity contribution in [3.63, 3.8) is 0 Å². The van der Waals surface area contributed by atoms with Crippen LogP contribution in [0.15, 0.2) is 15.0 Å². The van der Waals surface area contributed by atoms with Crippen molar-refractivity contribution in [2.75, 3.05) is 0 Å². The van der Waals surface area contributed by atoms with E-state index < -0.39 is 0 Å². The van der Waals surface area contributed by atoms with Crippen molar-refractivity contribution in [2.45, 2.75) is 33.1 Å². The topological polar surface area (TPSA) is 65.0 Å². The third kappa shape index (κ3) is 1.91. The predicted octanol–water partition coefficient (Wildman–Crippen LogP) is 2.33. The van der Waals surface area contributed by atoms with Crippen LogP contribution in [0, 0.1) is 6.92 Å². The molecule has 5 heteroatoms. The Kier molecular flexibility index (Phi) is 2.10. The average molecular weight is 207 g/mol. The lowest BCUT2D eigenvalue weighted by Crippen LogP contribution is -2.09. The molecule has 0 aliphatic carbocycles. The third-order valence-corrected chi connectivity index (χ3v) is 1.99. The molecule has 0 bridgehead atoms. The molecule has 0 spiro atoms. The third-order valence-electron chi connectivity index (χ3n) is 1.99. The summed E-state index contributed by atoms with van der Waals surface area (Å²) in [5, 5.41) is 11.5. The Morgan fingerprint density at radius 2 is 1.93 bits per heavy atom. The number of nitrogens with zero attached hydrogens (tertiary/aromatic N) is 3. The van der Waals surface area contributed by atoms with Crippen LogP contribution in [0.5, 0.6) is 0 Å². The molecular formula is C10H13N3O2. The quantitative estimate of drug-likeness (QED) is 0.718. The average Bonchev–Trinajstić information content (AvgIpc) is 2.69. The van der Waals surface area contributed by atoms with E-state index in [9.17, 15) is 0 Å². The van der Waals surface area contributed by atoms with Crippen LogP contribution in [0.4, 0.5) is 0 Å². The van der Waals surface area contributed by atoms with Gasteiger partial charge >= 0.3 is 0 Å². The minimum atomic E-state index is -0.0691. The molecule has 0 aliphatic rings. The lowest BCUT2D eigenvalue weighted by atomic mass is 9.93. The molecule has 0 N–H and O–H groups in total. The van der Waals surface area contributed by atoms with E-state index in [1.807, 2.05) is 6.07 Å². The zero-order valence-corrected chi connectivity index (χ0v) is 9.24. The largest absolute Gasteiger partial charge is 0.420 e. The second-order valence-corrected chi connectivity index (χ2v) is 4.45.